The molecule has 2 rings (SSSR count). The van der Waals surface area contributed by atoms with Crippen LogP contribution >= 0.6 is 0 Å². The van der Waals surface area contributed by atoms with Crippen LogP contribution in [-0.2, 0) is 0 Å². The van der Waals surface area contributed by atoms with Gasteiger partial charge in [-0.2, -0.15) is 0 Å². The highest BCUT2D eigenvalue weighted by Crippen LogP contribution is 2.36. The van der Waals surface area contributed by atoms with Crippen LogP contribution in [0, 0.1) is 10.1 Å². The molecule has 0 saturated carbocycles. The van der Waals surface area contributed by atoms with Crippen molar-refractivity contribution in [3.8, 4) is 0 Å². The van der Waals surface area contributed by atoms with Crippen LogP contribution in [0.5, 0.6) is 0 Å². The Morgan fingerprint density at radius 3 is 2.23 bits per heavy atom. The summed E-state index contributed by atoms with van der Waals surface area (Å²) in [4.78, 5) is 22.3. The minimum absolute atomic E-state index is 0.0748. The van der Waals surface area contributed by atoms with Crippen LogP contribution in [0.15, 0.2) is 36.2 Å². The lowest BCUT2D eigenvalue weighted by molar-refractivity contribution is -0.384. The number of nitro benzene ring substituents is 1. The number of hydroxylamine groups is 2. The van der Waals surface area contributed by atoms with Gasteiger partial charge in [0.2, 0.25) is 0 Å². The van der Waals surface area contributed by atoms with Crippen molar-refractivity contribution >= 4 is 11.5 Å². The van der Waals surface area contributed by atoms with E-state index in [-0.39, 0.29) is 11.5 Å². The summed E-state index contributed by atoms with van der Waals surface area (Å²) in [5.74, 6) is -0.0386. The molecule has 0 bridgehead atoms. The average Bonchev–Trinajstić information content (AvgIpc) is 2.59. The summed E-state index contributed by atoms with van der Waals surface area (Å²) in [5, 5.41) is 25.0. The lowest BCUT2D eigenvalue weighted by atomic mass is 9.84. The molecular weight excluding hydrogens is 286 g/mol. The molecule has 0 atom stereocenters. The second-order valence-corrected chi connectivity index (χ2v) is 6.32. The first-order chi connectivity index (χ1) is 10.1. The maximum atomic E-state index is 12.2. The smallest absolute Gasteiger partial charge is 0.269 e. The molecule has 1 fully saturated rings. The Hall–Kier alpha value is -2.41. The van der Waals surface area contributed by atoms with Gasteiger partial charge >= 0.3 is 0 Å². The Morgan fingerprint density at radius 1 is 1.27 bits per heavy atom. The lowest BCUT2D eigenvalue weighted by Crippen LogP contribution is -2.52. The largest absolute Gasteiger partial charge is 0.363 e. The molecule has 0 unspecified atom stereocenters. The van der Waals surface area contributed by atoms with Crippen LogP contribution in [-0.4, -0.2) is 32.1 Å². The predicted molar refractivity (Wildman–Crippen MR) is 80.4 cm³/mol. The van der Waals surface area contributed by atoms with Gasteiger partial charge in [-0.1, -0.05) is 0 Å². The SMILES string of the molecule is CC1(C)N/C(=C\C(=O)c2ccc([N+](=O)[O-])cc2)N(O)C1(C)C. The van der Waals surface area contributed by atoms with Crippen molar-refractivity contribution in [1.82, 2.24) is 10.4 Å². The van der Waals surface area contributed by atoms with Crippen LogP contribution in [0.25, 0.3) is 0 Å². The maximum Gasteiger partial charge on any atom is 0.269 e. The van der Waals surface area contributed by atoms with Gasteiger partial charge in [-0.05, 0) is 39.8 Å². The van der Waals surface area contributed by atoms with Crippen LogP contribution < -0.4 is 5.32 Å². The molecule has 118 valence electrons. The third-order valence-electron chi connectivity index (χ3n) is 4.36. The second kappa shape index (κ2) is 5.10. The van der Waals surface area contributed by atoms with E-state index in [1.807, 2.05) is 27.7 Å². The van der Waals surface area contributed by atoms with Crippen molar-refractivity contribution in [2.75, 3.05) is 0 Å². The highest BCUT2D eigenvalue weighted by molar-refractivity contribution is 6.05. The summed E-state index contributed by atoms with van der Waals surface area (Å²) < 4.78 is 0. The fourth-order valence-corrected chi connectivity index (χ4v) is 2.14. The third-order valence-corrected chi connectivity index (χ3v) is 4.36. The molecule has 1 aromatic rings. The first-order valence-electron chi connectivity index (χ1n) is 6.84. The van der Waals surface area contributed by atoms with Crippen molar-refractivity contribution in [1.29, 1.82) is 0 Å². The van der Waals surface area contributed by atoms with E-state index in [4.69, 9.17) is 0 Å². The number of nitrogens with zero attached hydrogens (tertiary/aromatic N) is 2. The molecule has 2 N–H and O–H groups in total. The molecule has 0 aromatic heterocycles. The van der Waals surface area contributed by atoms with Gasteiger partial charge in [-0.25, -0.2) is 5.06 Å². The molecule has 0 amide bonds. The number of nitro groups is 1. The van der Waals surface area contributed by atoms with E-state index in [0.717, 1.165) is 5.06 Å². The molecule has 1 aromatic carbocycles. The molecule has 1 aliphatic heterocycles. The van der Waals surface area contributed by atoms with E-state index >= 15 is 0 Å². The summed E-state index contributed by atoms with van der Waals surface area (Å²) in [7, 11) is 0. The van der Waals surface area contributed by atoms with E-state index in [9.17, 15) is 20.1 Å². The van der Waals surface area contributed by atoms with Crippen molar-refractivity contribution in [2.24, 2.45) is 0 Å². The zero-order valence-corrected chi connectivity index (χ0v) is 13.0. The monoisotopic (exact) mass is 305 g/mol. The van der Waals surface area contributed by atoms with Crippen LogP contribution in [0.4, 0.5) is 5.69 Å². The summed E-state index contributed by atoms with van der Waals surface area (Å²) >= 11 is 0. The van der Waals surface area contributed by atoms with E-state index in [0.29, 0.717) is 11.4 Å². The first kappa shape index (κ1) is 16.0. The molecule has 0 spiro atoms. The zero-order chi connectivity index (χ0) is 16.7. The van der Waals surface area contributed by atoms with Crippen LogP contribution in [0.3, 0.4) is 0 Å². The van der Waals surface area contributed by atoms with E-state index in [2.05, 4.69) is 5.32 Å². The van der Waals surface area contributed by atoms with Gasteiger partial charge in [0.15, 0.2) is 5.78 Å². The van der Waals surface area contributed by atoms with E-state index in [1.54, 1.807) is 0 Å². The van der Waals surface area contributed by atoms with Crippen molar-refractivity contribution < 1.29 is 14.9 Å². The number of hydrogen-bond acceptors (Lipinski definition) is 6. The molecule has 7 nitrogen and oxygen atoms in total. The number of non-ortho nitro benzene ring substituents is 1. The summed E-state index contributed by atoms with van der Waals surface area (Å²) in [6.45, 7) is 7.56. The number of rotatable bonds is 3. The van der Waals surface area contributed by atoms with Crippen LogP contribution in [0.1, 0.15) is 38.1 Å². The predicted octanol–water partition coefficient (Wildman–Crippen LogP) is 2.47. The molecule has 1 saturated heterocycles. The molecular formula is C15H19N3O4. The minimum atomic E-state index is -0.589. The molecule has 1 aliphatic rings. The number of benzene rings is 1. The van der Waals surface area contributed by atoms with E-state index in [1.165, 1.54) is 30.3 Å². The topological polar surface area (TPSA) is 95.7 Å². The van der Waals surface area contributed by atoms with Crippen LogP contribution in [0.2, 0.25) is 0 Å². The Balaban J connectivity index is 2.26. The number of nitrogens with one attached hydrogen (secondary N) is 1. The number of allylic oxidation sites excluding steroid dienone is 1. The van der Waals surface area contributed by atoms with Gasteiger partial charge in [0.1, 0.15) is 5.82 Å². The fraction of sp³-hybridized carbons (Fsp3) is 0.400. The quantitative estimate of drug-likeness (QED) is 0.385. The second-order valence-electron chi connectivity index (χ2n) is 6.32. The Kier molecular flexibility index (Phi) is 3.70. The van der Waals surface area contributed by atoms with E-state index < -0.39 is 16.0 Å². The highest BCUT2D eigenvalue weighted by Gasteiger charge is 2.49. The summed E-state index contributed by atoms with van der Waals surface area (Å²) in [6.07, 6.45) is 1.29. The molecule has 0 radical (unpaired) electrons. The van der Waals surface area contributed by atoms with Gasteiger partial charge in [0.05, 0.1) is 16.0 Å². The number of hydrogen-bond donors (Lipinski definition) is 2. The minimum Gasteiger partial charge on any atom is -0.363 e. The van der Waals surface area contributed by atoms with Crippen molar-refractivity contribution in [3.05, 3.63) is 51.8 Å². The standard InChI is InChI=1S/C15H19N3O4/c1-14(2)15(3,4)17(20)13(16-14)9-12(19)10-5-7-11(8-6-10)18(21)22/h5-9,16,20H,1-4H3/b13-9+. The normalized spacial score (nSPS) is 20.8. The molecule has 1 heterocycles. The number of carbonyl (C=O) groups excluding carboxylic acids is 1. The summed E-state index contributed by atoms with van der Waals surface area (Å²) in [5.41, 5.74) is -0.775. The van der Waals surface area contributed by atoms with Crippen molar-refractivity contribution in [3.63, 3.8) is 0 Å². The van der Waals surface area contributed by atoms with Gasteiger partial charge < -0.3 is 5.32 Å². The molecule has 7 heteroatoms. The fourth-order valence-electron chi connectivity index (χ4n) is 2.14. The lowest BCUT2D eigenvalue weighted by Gasteiger charge is -2.36. The zero-order valence-electron chi connectivity index (χ0n) is 13.0. The average molecular weight is 305 g/mol. The molecule has 0 aliphatic carbocycles. The third kappa shape index (κ3) is 2.55. The molecule has 22 heavy (non-hydrogen) atoms. The Morgan fingerprint density at radius 2 is 1.82 bits per heavy atom. The van der Waals surface area contributed by atoms with Gasteiger partial charge in [0.25, 0.3) is 5.69 Å². The Labute approximate surface area is 128 Å². The summed E-state index contributed by atoms with van der Waals surface area (Å²) in [6, 6.07) is 5.34. The number of carbonyl (C=O) groups is 1. The van der Waals surface area contributed by atoms with Gasteiger partial charge in [-0.3, -0.25) is 20.1 Å². The number of ketones is 1. The van der Waals surface area contributed by atoms with Gasteiger partial charge in [-0.15, -0.1) is 0 Å². The highest BCUT2D eigenvalue weighted by atomic mass is 16.6. The van der Waals surface area contributed by atoms with Gasteiger partial charge in [0, 0.05) is 23.8 Å². The maximum absolute atomic E-state index is 12.2. The first-order valence-corrected chi connectivity index (χ1v) is 6.84. The van der Waals surface area contributed by atoms with Crippen molar-refractivity contribution in [2.45, 2.75) is 38.8 Å². The Bertz CT molecular complexity index is 647.